The molecule has 1 saturated heterocycles. The van der Waals surface area contributed by atoms with E-state index in [1.807, 2.05) is 13.8 Å². The van der Waals surface area contributed by atoms with E-state index in [-0.39, 0.29) is 24.3 Å². The SMILES string of the molecule is CCC(CC)N1C(=O)CC(Nc2cccc(C#N)c2)C1=O. The molecule has 0 bridgehead atoms. The molecule has 1 aromatic rings. The van der Waals surface area contributed by atoms with Gasteiger partial charge in [-0.3, -0.25) is 14.5 Å². The maximum atomic E-state index is 12.4. The Bertz CT molecular complexity index is 587. The van der Waals surface area contributed by atoms with Gasteiger partial charge in [0.2, 0.25) is 5.91 Å². The molecular formula is C16H19N3O2. The molecule has 1 unspecified atom stereocenters. The molecule has 5 nitrogen and oxygen atoms in total. The Kier molecular flexibility index (Phi) is 4.59. The molecule has 1 aliphatic rings. The minimum atomic E-state index is -0.535. The second-order valence-electron chi connectivity index (χ2n) is 5.17. The van der Waals surface area contributed by atoms with Crippen molar-refractivity contribution < 1.29 is 9.59 Å². The van der Waals surface area contributed by atoms with E-state index in [1.54, 1.807) is 24.3 Å². The fourth-order valence-electron chi connectivity index (χ4n) is 2.68. The topological polar surface area (TPSA) is 73.2 Å². The number of likely N-dealkylation sites (tertiary alicyclic amines) is 1. The number of amides is 2. The minimum Gasteiger partial charge on any atom is -0.373 e. The van der Waals surface area contributed by atoms with Gasteiger partial charge in [0.15, 0.2) is 0 Å². The molecular weight excluding hydrogens is 266 g/mol. The van der Waals surface area contributed by atoms with Gasteiger partial charge in [-0.05, 0) is 31.0 Å². The highest BCUT2D eigenvalue weighted by atomic mass is 16.2. The summed E-state index contributed by atoms with van der Waals surface area (Å²) in [6, 6.07) is 8.41. The minimum absolute atomic E-state index is 0.0257. The lowest BCUT2D eigenvalue weighted by Gasteiger charge is -2.24. The Morgan fingerprint density at radius 3 is 2.71 bits per heavy atom. The van der Waals surface area contributed by atoms with Gasteiger partial charge in [-0.15, -0.1) is 0 Å². The molecule has 5 heteroatoms. The molecule has 1 atom stereocenters. The van der Waals surface area contributed by atoms with Gasteiger partial charge >= 0.3 is 0 Å². The summed E-state index contributed by atoms with van der Waals surface area (Å²) in [4.78, 5) is 25.9. The summed E-state index contributed by atoms with van der Waals surface area (Å²) in [5.74, 6) is -0.293. The van der Waals surface area contributed by atoms with Crippen LogP contribution in [0.25, 0.3) is 0 Å². The summed E-state index contributed by atoms with van der Waals surface area (Å²) in [5.41, 5.74) is 1.21. The molecule has 110 valence electrons. The largest absolute Gasteiger partial charge is 0.373 e. The van der Waals surface area contributed by atoms with E-state index in [1.165, 1.54) is 4.90 Å². The normalized spacial score (nSPS) is 18.2. The van der Waals surface area contributed by atoms with Crippen molar-refractivity contribution in [2.75, 3.05) is 5.32 Å². The van der Waals surface area contributed by atoms with Gasteiger partial charge in [-0.1, -0.05) is 19.9 Å². The summed E-state index contributed by atoms with van der Waals surface area (Å²) in [7, 11) is 0. The lowest BCUT2D eigenvalue weighted by Crippen LogP contribution is -2.41. The van der Waals surface area contributed by atoms with Crippen LogP contribution in [0.15, 0.2) is 24.3 Å². The van der Waals surface area contributed by atoms with Crippen LogP contribution >= 0.6 is 0 Å². The number of hydrogen-bond donors (Lipinski definition) is 1. The Hall–Kier alpha value is -2.35. The maximum absolute atomic E-state index is 12.4. The highest BCUT2D eigenvalue weighted by Gasteiger charge is 2.41. The average Bonchev–Trinajstić information content (AvgIpc) is 2.76. The molecule has 0 radical (unpaired) electrons. The molecule has 1 heterocycles. The van der Waals surface area contributed by atoms with Crippen molar-refractivity contribution in [1.82, 2.24) is 4.90 Å². The highest BCUT2D eigenvalue weighted by Crippen LogP contribution is 2.23. The van der Waals surface area contributed by atoms with Crippen LogP contribution in [0.3, 0.4) is 0 Å². The molecule has 1 fully saturated rings. The Labute approximate surface area is 124 Å². The average molecular weight is 285 g/mol. The van der Waals surface area contributed by atoms with E-state index < -0.39 is 6.04 Å². The smallest absolute Gasteiger partial charge is 0.252 e. The monoisotopic (exact) mass is 285 g/mol. The lowest BCUT2D eigenvalue weighted by molar-refractivity contribution is -0.141. The standard InChI is InChI=1S/C16H19N3O2/c1-3-13(4-2)19-15(20)9-14(16(19)21)18-12-7-5-6-11(8-12)10-17/h5-8,13-14,18H,3-4,9H2,1-2H3. The van der Waals surface area contributed by atoms with Crippen molar-refractivity contribution >= 4 is 17.5 Å². The van der Waals surface area contributed by atoms with Crippen LogP contribution in [0.5, 0.6) is 0 Å². The molecule has 1 N–H and O–H groups in total. The molecule has 2 rings (SSSR count). The molecule has 0 aromatic heterocycles. The van der Waals surface area contributed by atoms with E-state index in [0.29, 0.717) is 11.3 Å². The van der Waals surface area contributed by atoms with Gasteiger partial charge in [0.25, 0.3) is 5.91 Å². The number of nitrogens with one attached hydrogen (secondary N) is 1. The van der Waals surface area contributed by atoms with Crippen LogP contribution in [-0.4, -0.2) is 28.8 Å². The van der Waals surface area contributed by atoms with Gasteiger partial charge in [0, 0.05) is 11.7 Å². The molecule has 1 aromatic carbocycles. The van der Waals surface area contributed by atoms with Crippen molar-refractivity contribution in [3.8, 4) is 6.07 Å². The molecule has 1 aliphatic heterocycles. The maximum Gasteiger partial charge on any atom is 0.252 e. The fraction of sp³-hybridized carbons (Fsp3) is 0.438. The molecule has 21 heavy (non-hydrogen) atoms. The number of nitriles is 1. The third kappa shape index (κ3) is 3.05. The van der Waals surface area contributed by atoms with Crippen molar-refractivity contribution in [3.05, 3.63) is 29.8 Å². The number of rotatable bonds is 5. The number of carbonyl (C=O) groups excluding carboxylic acids is 2. The van der Waals surface area contributed by atoms with Gasteiger partial charge in [-0.2, -0.15) is 5.26 Å². The Morgan fingerprint density at radius 1 is 1.38 bits per heavy atom. The van der Waals surface area contributed by atoms with Crippen molar-refractivity contribution in [2.24, 2.45) is 0 Å². The van der Waals surface area contributed by atoms with E-state index in [0.717, 1.165) is 12.8 Å². The summed E-state index contributed by atoms with van der Waals surface area (Å²) in [6.45, 7) is 3.96. The predicted octanol–water partition coefficient (Wildman–Crippen LogP) is 2.29. The third-order valence-electron chi connectivity index (χ3n) is 3.82. The van der Waals surface area contributed by atoms with E-state index in [9.17, 15) is 9.59 Å². The van der Waals surface area contributed by atoms with Crippen LogP contribution < -0.4 is 5.32 Å². The Morgan fingerprint density at radius 2 is 2.10 bits per heavy atom. The van der Waals surface area contributed by atoms with Crippen molar-refractivity contribution in [3.63, 3.8) is 0 Å². The Balaban J connectivity index is 2.14. The predicted molar refractivity (Wildman–Crippen MR) is 79.4 cm³/mol. The fourth-order valence-corrected chi connectivity index (χ4v) is 2.68. The van der Waals surface area contributed by atoms with E-state index in [2.05, 4.69) is 11.4 Å². The number of carbonyl (C=O) groups is 2. The van der Waals surface area contributed by atoms with Crippen LogP contribution in [0.4, 0.5) is 5.69 Å². The number of nitrogens with zero attached hydrogens (tertiary/aromatic N) is 2. The van der Waals surface area contributed by atoms with Crippen LogP contribution in [0.2, 0.25) is 0 Å². The summed E-state index contributed by atoms with van der Waals surface area (Å²) in [6.07, 6.45) is 1.71. The molecule has 2 amide bonds. The lowest BCUT2D eigenvalue weighted by atomic mass is 10.1. The molecule has 0 aliphatic carbocycles. The zero-order chi connectivity index (χ0) is 15.4. The first-order chi connectivity index (χ1) is 10.1. The third-order valence-corrected chi connectivity index (χ3v) is 3.82. The zero-order valence-corrected chi connectivity index (χ0v) is 12.3. The van der Waals surface area contributed by atoms with Gasteiger partial charge < -0.3 is 5.32 Å². The summed E-state index contributed by atoms with van der Waals surface area (Å²) in [5, 5.41) is 12.0. The zero-order valence-electron chi connectivity index (χ0n) is 12.3. The van der Waals surface area contributed by atoms with Crippen molar-refractivity contribution in [1.29, 1.82) is 5.26 Å². The first kappa shape index (κ1) is 15.0. The quantitative estimate of drug-likeness (QED) is 0.842. The van der Waals surface area contributed by atoms with E-state index in [4.69, 9.17) is 5.26 Å². The first-order valence-corrected chi connectivity index (χ1v) is 7.23. The number of hydrogen-bond acceptors (Lipinski definition) is 4. The summed E-state index contributed by atoms with van der Waals surface area (Å²) < 4.78 is 0. The summed E-state index contributed by atoms with van der Waals surface area (Å²) >= 11 is 0. The van der Waals surface area contributed by atoms with Crippen LogP contribution in [0.1, 0.15) is 38.7 Å². The molecule has 0 spiro atoms. The van der Waals surface area contributed by atoms with E-state index >= 15 is 0 Å². The number of imide groups is 1. The second-order valence-corrected chi connectivity index (χ2v) is 5.17. The van der Waals surface area contributed by atoms with Crippen LogP contribution in [-0.2, 0) is 9.59 Å². The molecule has 0 saturated carbocycles. The van der Waals surface area contributed by atoms with Gasteiger partial charge in [0.05, 0.1) is 18.1 Å². The highest BCUT2D eigenvalue weighted by molar-refractivity contribution is 6.07. The number of anilines is 1. The van der Waals surface area contributed by atoms with Crippen molar-refractivity contribution in [2.45, 2.75) is 45.2 Å². The second kappa shape index (κ2) is 6.40. The van der Waals surface area contributed by atoms with Crippen LogP contribution in [0, 0.1) is 11.3 Å². The van der Waals surface area contributed by atoms with Gasteiger partial charge in [-0.25, -0.2) is 0 Å². The number of benzene rings is 1. The van der Waals surface area contributed by atoms with Gasteiger partial charge in [0.1, 0.15) is 6.04 Å². The first-order valence-electron chi connectivity index (χ1n) is 7.23.